The molecule has 1 unspecified atom stereocenters. The minimum absolute atomic E-state index is 0.494. The van der Waals surface area contributed by atoms with E-state index >= 15 is 0 Å². The van der Waals surface area contributed by atoms with E-state index in [1.807, 2.05) is 31.3 Å². The molecule has 2 heteroatoms. The van der Waals surface area contributed by atoms with Gasteiger partial charge < -0.3 is 10.1 Å². The highest BCUT2D eigenvalue weighted by molar-refractivity contribution is 5.70. The van der Waals surface area contributed by atoms with Crippen LogP contribution in [-0.2, 0) is 0 Å². The second-order valence-electron chi connectivity index (χ2n) is 4.84. The minimum Gasteiger partial charge on any atom is -0.493 e. The zero-order valence-corrected chi connectivity index (χ0v) is 11.6. The molecule has 1 atom stereocenters. The largest absolute Gasteiger partial charge is 0.493 e. The summed E-state index contributed by atoms with van der Waals surface area (Å²) in [6.07, 6.45) is 0. The third-order valence-corrected chi connectivity index (χ3v) is 3.05. The molecule has 0 heterocycles. The summed E-state index contributed by atoms with van der Waals surface area (Å²) in [7, 11) is 1.97. The first-order valence-electron chi connectivity index (χ1n) is 6.73. The minimum atomic E-state index is 0.494. The lowest BCUT2D eigenvalue weighted by molar-refractivity contribution is 0.259. The number of benzene rings is 2. The van der Waals surface area contributed by atoms with Crippen molar-refractivity contribution in [1.82, 2.24) is 5.32 Å². The normalized spacial score (nSPS) is 12.1. The molecule has 100 valence electrons. The monoisotopic (exact) mass is 255 g/mol. The molecule has 0 amide bonds. The summed E-state index contributed by atoms with van der Waals surface area (Å²) >= 11 is 0. The quantitative estimate of drug-likeness (QED) is 0.851. The lowest BCUT2D eigenvalue weighted by Gasteiger charge is -2.15. The molecule has 0 aliphatic rings. The molecule has 2 rings (SSSR count). The Morgan fingerprint density at radius 3 is 2.42 bits per heavy atom. The van der Waals surface area contributed by atoms with Gasteiger partial charge in [0, 0.05) is 18.0 Å². The van der Waals surface area contributed by atoms with Gasteiger partial charge >= 0.3 is 0 Å². The van der Waals surface area contributed by atoms with Crippen molar-refractivity contribution in [2.75, 3.05) is 20.2 Å². The number of ether oxygens (including phenoxy) is 1. The standard InChI is InChI=1S/C17H21NO/c1-14(12-18-2)13-19-17-11-7-6-10-16(17)15-8-4-3-5-9-15/h3-11,14,18H,12-13H2,1-2H3. The van der Waals surface area contributed by atoms with Gasteiger partial charge in [0.2, 0.25) is 0 Å². The van der Waals surface area contributed by atoms with Gasteiger partial charge in [-0.15, -0.1) is 0 Å². The van der Waals surface area contributed by atoms with Crippen LogP contribution in [0.5, 0.6) is 5.75 Å². The van der Waals surface area contributed by atoms with Crippen LogP contribution in [0.2, 0.25) is 0 Å². The summed E-state index contributed by atoms with van der Waals surface area (Å²) in [4.78, 5) is 0. The summed E-state index contributed by atoms with van der Waals surface area (Å²) in [5.74, 6) is 1.45. The van der Waals surface area contributed by atoms with Crippen molar-refractivity contribution in [3.05, 3.63) is 54.6 Å². The third kappa shape index (κ3) is 3.83. The van der Waals surface area contributed by atoms with Gasteiger partial charge in [0.15, 0.2) is 0 Å². The van der Waals surface area contributed by atoms with Gasteiger partial charge in [-0.05, 0) is 18.7 Å². The zero-order chi connectivity index (χ0) is 13.5. The van der Waals surface area contributed by atoms with Crippen LogP contribution in [0.25, 0.3) is 11.1 Å². The van der Waals surface area contributed by atoms with Crippen molar-refractivity contribution in [1.29, 1.82) is 0 Å². The van der Waals surface area contributed by atoms with Crippen LogP contribution in [-0.4, -0.2) is 20.2 Å². The maximum absolute atomic E-state index is 5.97. The first-order chi connectivity index (χ1) is 9.31. The molecule has 0 saturated carbocycles. The number of hydrogen-bond acceptors (Lipinski definition) is 2. The Bertz CT molecular complexity index is 496. The van der Waals surface area contributed by atoms with Crippen LogP contribution in [0.3, 0.4) is 0 Å². The molecular formula is C17H21NO. The Kier molecular flexibility index (Phi) is 4.99. The molecule has 0 aromatic heterocycles. The van der Waals surface area contributed by atoms with Gasteiger partial charge in [-0.25, -0.2) is 0 Å². The molecule has 0 aliphatic carbocycles. The fourth-order valence-electron chi connectivity index (χ4n) is 2.09. The van der Waals surface area contributed by atoms with Crippen LogP contribution in [0.4, 0.5) is 0 Å². The highest BCUT2D eigenvalue weighted by Gasteiger charge is 2.07. The van der Waals surface area contributed by atoms with Gasteiger partial charge in [0.25, 0.3) is 0 Å². The molecule has 0 aliphatic heterocycles. The van der Waals surface area contributed by atoms with Crippen LogP contribution < -0.4 is 10.1 Å². The summed E-state index contributed by atoms with van der Waals surface area (Å²) in [6, 6.07) is 18.6. The summed E-state index contributed by atoms with van der Waals surface area (Å²) in [5, 5.41) is 3.17. The lowest BCUT2D eigenvalue weighted by atomic mass is 10.0. The molecule has 2 nitrogen and oxygen atoms in total. The Hall–Kier alpha value is -1.80. The van der Waals surface area contributed by atoms with Gasteiger partial charge in [0.1, 0.15) is 5.75 Å². The highest BCUT2D eigenvalue weighted by Crippen LogP contribution is 2.29. The molecule has 19 heavy (non-hydrogen) atoms. The smallest absolute Gasteiger partial charge is 0.127 e. The summed E-state index contributed by atoms with van der Waals surface area (Å²) in [5.41, 5.74) is 2.35. The molecule has 1 N–H and O–H groups in total. The maximum atomic E-state index is 5.97. The Labute approximate surface area is 115 Å². The first kappa shape index (κ1) is 13.6. The average molecular weight is 255 g/mol. The molecule has 0 fully saturated rings. The van der Waals surface area contributed by atoms with Gasteiger partial charge in [-0.1, -0.05) is 55.5 Å². The van der Waals surface area contributed by atoms with Crippen molar-refractivity contribution in [3.8, 4) is 16.9 Å². The second-order valence-corrected chi connectivity index (χ2v) is 4.84. The van der Waals surface area contributed by atoms with E-state index in [9.17, 15) is 0 Å². The van der Waals surface area contributed by atoms with Crippen LogP contribution in [0.15, 0.2) is 54.6 Å². The van der Waals surface area contributed by atoms with E-state index in [0.717, 1.165) is 24.5 Å². The number of rotatable bonds is 6. The van der Waals surface area contributed by atoms with Crippen LogP contribution in [0.1, 0.15) is 6.92 Å². The number of nitrogens with one attached hydrogen (secondary N) is 1. The topological polar surface area (TPSA) is 21.3 Å². The lowest BCUT2D eigenvalue weighted by Crippen LogP contribution is -2.21. The highest BCUT2D eigenvalue weighted by atomic mass is 16.5. The van der Waals surface area contributed by atoms with E-state index in [1.54, 1.807) is 0 Å². The van der Waals surface area contributed by atoms with E-state index in [0.29, 0.717) is 5.92 Å². The van der Waals surface area contributed by atoms with Crippen LogP contribution in [0, 0.1) is 5.92 Å². The zero-order valence-electron chi connectivity index (χ0n) is 11.6. The van der Waals surface area contributed by atoms with Crippen molar-refractivity contribution in [2.45, 2.75) is 6.92 Å². The van der Waals surface area contributed by atoms with E-state index in [2.05, 4.69) is 42.6 Å². The van der Waals surface area contributed by atoms with Gasteiger partial charge in [-0.3, -0.25) is 0 Å². The second kappa shape index (κ2) is 6.95. The van der Waals surface area contributed by atoms with Crippen molar-refractivity contribution >= 4 is 0 Å². The number of para-hydroxylation sites is 1. The predicted molar refractivity (Wildman–Crippen MR) is 80.5 cm³/mol. The molecule has 0 radical (unpaired) electrons. The number of hydrogen-bond donors (Lipinski definition) is 1. The molecule has 0 saturated heterocycles. The van der Waals surface area contributed by atoms with E-state index in [-0.39, 0.29) is 0 Å². The molecule has 0 spiro atoms. The predicted octanol–water partition coefficient (Wildman–Crippen LogP) is 3.59. The van der Waals surface area contributed by atoms with Crippen molar-refractivity contribution < 1.29 is 4.74 Å². The third-order valence-electron chi connectivity index (χ3n) is 3.05. The van der Waals surface area contributed by atoms with Crippen LogP contribution >= 0.6 is 0 Å². The van der Waals surface area contributed by atoms with Crippen molar-refractivity contribution in [2.24, 2.45) is 5.92 Å². The SMILES string of the molecule is CNCC(C)COc1ccccc1-c1ccccc1. The molecular weight excluding hydrogens is 234 g/mol. The molecule has 2 aromatic carbocycles. The summed E-state index contributed by atoms with van der Waals surface area (Å²) in [6.45, 7) is 3.87. The van der Waals surface area contributed by atoms with Gasteiger partial charge in [0.05, 0.1) is 6.61 Å². The van der Waals surface area contributed by atoms with E-state index in [4.69, 9.17) is 4.74 Å². The first-order valence-corrected chi connectivity index (χ1v) is 6.73. The summed E-state index contributed by atoms with van der Waals surface area (Å²) < 4.78 is 5.97. The molecule has 0 bridgehead atoms. The Morgan fingerprint density at radius 1 is 1.00 bits per heavy atom. The Morgan fingerprint density at radius 2 is 1.68 bits per heavy atom. The fourth-order valence-corrected chi connectivity index (χ4v) is 2.09. The molecule has 2 aromatic rings. The van der Waals surface area contributed by atoms with Gasteiger partial charge in [-0.2, -0.15) is 0 Å². The van der Waals surface area contributed by atoms with E-state index in [1.165, 1.54) is 5.56 Å². The van der Waals surface area contributed by atoms with E-state index < -0.39 is 0 Å². The maximum Gasteiger partial charge on any atom is 0.127 e. The average Bonchev–Trinajstić information content (AvgIpc) is 2.47. The Balaban J connectivity index is 2.13. The van der Waals surface area contributed by atoms with Crippen molar-refractivity contribution in [3.63, 3.8) is 0 Å². The fraction of sp³-hybridized carbons (Fsp3) is 0.294.